The monoisotopic (exact) mass is 233 g/mol. The van der Waals surface area contributed by atoms with Crippen LogP contribution in [0.2, 0.25) is 0 Å². The maximum Gasteiger partial charge on any atom is 0.0760 e. The van der Waals surface area contributed by atoms with Crippen LogP contribution in [0.1, 0.15) is 48.4 Å². The van der Waals surface area contributed by atoms with Gasteiger partial charge in [-0.3, -0.25) is 0 Å². The summed E-state index contributed by atoms with van der Waals surface area (Å²) in [5, 5.41) is 10.3. The molecule has 0 aromatic heterocycles. The first kappa shape index (κ1) is 12.6. The van der Waals surface area contributed by atoms with Gasteiger partial charge in [-0.05, 0) is 38.2 Å². The predicted molar refractivity (Wildman–Crippen MR) is 70.8 cm³/mol. The van der Waals surface area contributed by atoms with Crippen LogP contribution < -0.4 is 5.73 Å². The van der Waals surface area contributed by atoms with Gasteiger partial charge >= 0.3 is 0 Å². The second-order valence-corrected chi connectivity index (χ2v) is 5.48. The first-order chi connectivity index (χ1) is 8.08. The molecule has 1 fully saturated rings. The highest BCUT2D eigenvalue weighted by Crippen LogP contribution is 2.32. The Morgan fingerprint density at radius 1 is 1.12 bits per heavy atom. The van der Waals surface area contributed by atoms with E-state index in [0.717, 1.165) is 18.4 Å². The lowest BCUT2D eigenvalue weighted by molar-refractivity contribution is 0.0845. The molecule has 3 N–H and O–H groups in total. The number of aliphatic hydroxyl groups is 1. The quantitative estimate of drug-likeness (QED) is 0.843. The van der Waals surface area contributed by atoms with E-state index >= 15 is 0 Å². The molecular weight excluding hydrogens is 210 g/mol. The van der Waals surface area contributed by atoms with Crippen molar-refractivity contribution in [3.8, 4) is 0 Å². The van der Waals surface area contributed by atoms with Gasteiger partial charge < -0.3 is 10.8 Å². The van der Waals surface area contributed by atoms with E-state index in [0.29, 0.717) is 5.92 Å². The number of rotatable bonds is 3. The van der Waals surface area contributed by atoms with Crippen LogP contribution in [-0.4, -0.2) is 11.2 Å². The Morgan fingerprint density at radius 2 is 1.65 bits per heavy atom. The minimum atomic E-state index is -0.390. The van der Waals surface area contributed by atoms with Gasteiger partial charge in [-0.15, -0.1) is 0 Å². The first-order valence-corrected chi connectivity index (χ1v) is 6.60. The van der Waals surface area contributed by atoms with E-state index in [9.17, 15) is 5.11 Å². The van der Waals surface area contributed by atoms with E-state index in [1.165, 1.54) is 24.0 Å². The Hall–Kier alpha value is -0.860. The van der Waals surface area contributed by atoms with E-state index in [1.54, 1.807) is 0 Å². The molecule has 94 valence electrons. The number of hydrogen-bond acceptors (Lipinski definition) is 2. The second-order valence-electron chi connectivity index (χ2n) is 5.48. The van der Waals surface area contributed by atoms with Crippen LogP contribution in [-0.2, 0) is 0 Å². The maximum absolute atomic E-state index is 10.3. The zero-order valence-corrected chi connectivity index (χ0v) is 10.8. The summed E-state index contributed by atoms with van der Waals surface area (Å²) in [6, 6.07) is 6.08. The highest BCUT2D eigenvalue weighted by Gasteiger charge is 2.28. The highest BCUT2D eigenvalue weighted by atomic mass is 16.3. The third kappa shape index (κ3) is 2.88. The summed E-state index contributed by atoms with van der Waals surface area (Å²) in [5.41, 5.74) is 9.71. The minimum Gasteiger partial charge on any atom is -0.391 e. The summed E-state index contributed by atoms with van der Waals surface area (Å²) in [7, 11) is 0. The van der Waals surface area contributed by atoms with Crippen LogP contribution in [0, 0.1) is 19.8 Å². The molecule has 0 spiro atoms. The Kier molecular flexibility index (Phi) is 3.85. The van der Waals surface area contributed by atoms with Crippen LogP contribution in [0.15, 0.2) is 18.2 Å². The molecule has 2 rings (SSSR count). The Morgan fingerprint density at radius 3 is 2.18 bits per heavy atom. The molecule has 0 bridgehead atoms. The minimum absolute atomic E-state index is 0.239. The molecule has 0 aliphatic heterocycles. The number of benzene rings is 1. The van der Waals surface area contributed by atoms with Gasteiger partial charge in [0.05, 0.1) is 12.1 Å². The summed E-state index contributed by atoms with van der Waals surface area (Å²) < 4.78 is 0. The van der Waals surface area contributed by atoms with Gasteiger partial charge in [0, 0.05) is 0 Å². The van der Waals surface area contributed by atoms with Gasteiger partial charge in [0.25, 0.3) is 0 Å². The Labute approximate surface area is 104 Å². The van der Waals surface area contributed by atoms with Gasteiger partial charge in [-0.2, -0.15) is 0 Å². The van der Waals surface area contributed by atoms with Crippen molar-refractivity contribution in [1.29, 1.82) is 0 Å². The molecule has 0 unspecified atom stereocenters. The van der Waals surface area contributed by atoms with E-state index in [-0.39, 0.29) is 6.04 Å². The Balaban J connectivity index is 2.14. The van der Waals surface area contributed by atoms with Crippen LogP contribution >= 0.6 is 0 Å². The third-order valence-electron chi connectivity index (χ3n) is 3.88. The Bertz CT molecular complexity index is 362. The van der Waals surface area contributed by atoms with Gasteiger partial charge in [0.15, 0.2) is 0 Å². The normalized spacial score (nSPS) is 20.5. The highest BCUT2D eigenvalue weighted by molar-refractivity contribution is 5.31. The van der Waals surface area contributed by atoms with Crippen molar-refractivity contribution in [3.05, 3.63) is 34.9 Å². The average molecular weight is 233 g/mol. The smallest absolute Gasteiger partial charge is 0.0760 e. The summed E-state index contributed by atoms with van der Waals surface area (Å²) in [5.74, 6) is 0.394. The van der Waals surface area contributed by atoms with Crippen molar-refractivity contribution in [3.63, 3.8) is 0 Å². The van der Waals surface area contributed by atoms with Crippen molar-refractivity contribution in [1.82, 2.24) is 0 Å². The largest absolute Gasteiger partial charge is 0.391 e. The molecule has 17 heavy (non-hydrogen) atoms. The number of aryl methyl sites for hydroxylation is 2. The molecule has 1 saturated carbocycles. The molecule has 0 saturated heterocycles. The second kappa shape index (κ2) is 5.19. The van der Waals surface area contributed by atoms with E-state index < -0.39 is 6.10 Å². The summed E-state index contributed by atoms with van der Waals surface area (Å²) in [6.07, 6.45) is 4.33. The predicted octanol–water partition coefficient (Wildman–Crippen LogP) is 2.85. The fraction of sp³-hybridized carbons (Fsp3) is 0.600. The van der Waals surface area contributed by atoms with Crippen molar-refractivity contribution in [2.75, 3.05) is 0 Å². The third-order valence-corrected chi connectivity index (χ3v) is 3.88. The molecule has 1 aliphatic carbocycles. The summed E-state index contributed by atoms with van der Waals surface area (Å²) in [4.78, 5) is 0. The van der Waals surface area contributed by atoms with Gasteiger partial charge in [0.2, 0.25) is 0 Å². The number of aliphatic hydroxyl groups excluding tert-OH is 1. The summed E-state index contributed by atoms with van der Waals surface area (Å²) in [6.45, 7) is 4.15. The van der Waals surface area contributed by atoms with E-state index in [2.05, 4.69) is 32.0 Å². The number of hydrogen-bond donors (Lipinski definition) is 2. The van der Waals surface area contributed by atoms with Crippen LogP contribution in [0.25, 0.3) is 0 Å². The molecular formula is C15H23NO. The molecule has 2 nitrogen and oxygen atoms in total. The lowest BCUT2D eigenvalue weighted by atomic mass is 9.89. The molecule has 1 aromatic carbocycles. The van der Waals surface area contributed by atoms with Crippen LogP contribution in [0.4, 0.5) is 0 Å². The zero-order valence-electron chi connectivity index (χ0n) is 10.8. The molecule has 1 aliphatic rings. The molecule has 0 heterocycles. The standard InChI is InChI=1S/C15H23NO/c1-10-7-11(2)9-13(8-10)14(16)15(17)12-5-3-4-6-12/h7-9,12,14-15,17H,3-6,16H2,1-2H3/t14-,15+/m1/s1. The topological polar surface area (TPSA) is 46.2 Å². The molecule has 1 aromatic rings. The number of nitrogens with two attached hydrogens (primary N) is 1. The zero-order chi connectivity index (χ0) is 12.4. The van der Waals surface area contributed by atoms with Gasteiger partial charge in [-0.1, -0.05) is 42.2 Å². The molecule has 0 amide bonds. The maximum atomic E-state index is 10.3. The summed E-state index contributed by atoms with van der Waals surface area (Å²) >= 11 is 0. The van der Waals surface area contributed by atoms with Gasteiger partial charge in [-0.25, -0.2) is 0 Å². The lowest BCUT2D eigenvalue weighted by Crippen LogP contribution is -2.32. The van der Waals surface area contributed by atoms with Crippen molar-refractivity contribution >= 4 is 0 Å². The van der Waals surface area contributed by atoms with Crippen molar-refractivity contribution < 1.29 is 5.11 Å². The fourth-order valence-corrected chi connectivity index (χ4v) is 2.99. The van der Waals surface area contributed by atoms with Crippen molar-refractivity contribution in [2.45, 2.75) is 51.7 Å². The van der Waals surface area contributed by atoms with Crippen molar-refractivity contribution in [2.24, 2.45) is 11.7 Å². The van der Waals surface area contributed by atoms with Crippen LogP contribution in [0.5, 0.6) is 0 Å². The molecule has 0 radical (unpaired) electrons. The fourth-order valence-electron chi connectivity index (χ4n) is 2.99. The van der Waals surface area contributed by atoms with Crippen LogP contribution in [0.3, 0.4) is 0 Å². The molecule has 2 atom stereocenters. The average Bonchev–Trinajstić information content (AvgIpc) is 2.79. The van der Waals surface area contributed by atoms with E-state index in [4.69, 9.17) is 5.73 Å². The lowest BCUT2D eigenvalue weighted by Gasteiger charge is -2.25. The van der Waals surface area contributed by atoms with E-state index in [1.807, 2.05) is 0 Å². The first-order valence-electron chi connectivity index (χ1n) is 6.60. The van der Waals surface area contributed by atoms with Gasteiger partial charge in [0.1, 0.15) is 0 Å². The molecule has 2 heteroatoms. The SMILES string of the molecule is Cc1cc(C)cc([C@@H](N)[C@@H](O)C2CCCC2)c1.